The molecule has 2 aromatic rings. The third-order valence-electron chi connectivity index (χ3n) is 2.65. The molecule has 0 fully saturated rings. The van der Waals surface area contributed by atoms with E-state index >= 15 is 0 Å². The van der Waals surface area contributed by atoms with E-state index in [1.165, 1.54) is 18.2 Å². The van der Waals surface area contributed by atoms with E-state index in [-0.39, 0.29) is 23.6 Å². The Bertz CT molecular complexity index is 702. The number of halogens is 1. The molecule has 0 aliphatic rings. The van der Waals surface area contributed by atoms with Gasteiger partial charge in [-0.05, 0) is 12.1 Å². The van der Waals surface area contributed by atoms with Crippen molar-refractivity contribution in [3.63, 3.8) is 0 Å². The number of carbonyl (C=O) groups is 1. The van der Waals surface area contributed by atoms with Gasteiger partial charge in [0, 0.05) is 22.2 Å². The van der Waals surface area contributed by atoms with E-state index in [2.05, 4.69) is 15.9 Å². The van der Waals surface area contributed by atoms with Crippen molar-refractivity contribution in [3.8, 4) is 11.5 Å². The maximum atomic E-state index is 11.0. The standard InChI is InChI=1S/C14H10BrNO5/c15-10-5-6-11(16(19)20)13(8-10)21-12-4-2-1-3-9(12)7-14(17)18/h1-6,8H,7H2,(H,17,18). The number of aliphatic carboxylic acids is 1. The second-order valence-corrected chi connectivity index (χ2v) is 5.07. The van der Waals surface area contributed by atoms with Crippen LogP contribution in [0.1, 0.15) is 5.56 Å². The highest BCUT2D eigenvalue weighted by molar-refractivity contribution is 9.10. The number of rotatable bonds is 5. The fourth-order valence-corrected chi connectivity index (χ4v) is 2.09. The zero-order valence-electron chi connectivity index (χ0n) is 10.7. The zero-order valence-corrected chi connectivity index (χ0v) is 12.2. The first-order valence-electron chi connectivity index (χ1n) is 5.89. The second-order valence-electron chi connectivity index (χ2n) is 4.15. The fourth-order valence-electron chi connectivity index (χ4n) is 1.75. The minimum absolute atomic E-state index is 0.0483. The molecule has 0 aliphatic carbocycles. The van der Waals surface area contributed by atoms with Crippen molar-refractivity contribution in [3.05, 3.63) is 62.6 Å². The summed E-state index contributed by atoms with van der Waals surface area (Å²) in [4.78, 5) is 21.3. The van der Waals surface area contributed by atoms with Crippen molar-refractivity contribution < 1.29 is 19.6 Å². The monoisotopic (exact) mass is 351 g/mol. The molecule has 7 heteroatoms. The molecule has 0 saturated carbocycles. The van der Waals surface area contributed by atoms with Crippen molar-refractivity contribution in [1.82, 2.24) is 0 Å². The Morgan fingerprint density at radius 1 is 1.24 bits per heavy atom. The molecular formula is C14H10BrNO5. The SMILES string of the molecule is O=C(O)Cc1ccccc1Oc1cc(Br)ccc1[N+](=O)[O-]. The summed E-state index contributed by atoms with van der Waals surface area (Å²) in [5.74, 6) is -0.678. The molecule has 2 rings (SSSR count). The molecule has 0 aromatic heterocycles. The number of para-hydroxylation sites is 1. The third-order valence-corrected chi connectivity index (χ3v) is 3.15. The molecule has 0 radical (unpaired) electrons. The molecule has 2 aromatic carbocycles. The van der Waals surface area contributed by atoms with Crippen molar-refractivity contribution in [1.29, 1.82) is 0 Å². The third kappa shape index (κ3) is 3.79. The van der Waals surface area contributed by atoms with Gasteiger partial charge in [0.2, 0.25) is 5.75 Å². The Balaban J connectivity index is 2.40. The van der Waals surface area contributed by atoms with Gasteiger partial charge in [-0.15, -0.1) is 0 Å². The summed E-state index contributed by atoms with van der Waals surface area (Å²) in [7, 11) is 0. The lowest BCUT2D eigenvalue weighted by atomic mass is 10.1. The van der Waals surface area contributed by atoms with Gasteiger partial charge in [0.1, 0.15) is 5.75 Å². The number of carboxylic acids is 1. The highest BCUT2D eigenvalue weighted by atomic mass is 79.9. The van der Waals surface area contributed by atoms with Crippen LogP contribution in [0, 0.1) is 10.1 Å². The minimum Gasteiger partial charge on any atom is -0.481 e. The molecule has 0 heterocycles. The smallest absolute Gasteiger partial charge is 0.311 e. The summed E-state index contributed by atoms with van der Waals surface area (Å²) in [5, 5.41) is 19.9. The molecular weight excluding hydrogens is 342 g/mol. The van der Waals surface area contributed by atoms with Crippen molar-refractivity contribution in [2.45, 2.75) is 6.42 Å². The Morgan fingerprint density at radius 3 is 2.62 bits per heavy atom. The molecule has 0 bridgehead atoms. The molecule has 108 valence electrons. The number of nitrogens with zero attached hydrogens (tertiary/aromatic N) is 1. The number of carboxylic acid groups (broad SMARTS) is 1. The Kier molecular flexibility index (Phi) is 4.54. The quantitative estimate of drug-likeness (QED) is 0.653. The first kappa shape index (κ1) is 15.0. The molecule has 6 nitrogen and oxygen atoms in total. The predicted octanol–water partition coefficient (Wildman–Crippen LogP) is 3.78. The maximum absolute atomic E-state index is 11.0. The molecule has 21 heavy (non-hydrogen) atoms. The van der Waals surface area contributed by atoms with Crippen LogP contribution in [0.4, 0.5) is 5.69 Å². The zero-order chi connectivity index (χ0) is 15.4. The topological polar surface area (TPSA) is 89.7 Å². The number of nitro groups is 1. The largest absolute Gasteiger partial charge is 0.481 e. The van der Waals surface area contributed by atoms with Gasteiger partial charge in [-0.3, -0.25) is 14.9 Å². The van der Waals surface area contributed by atoms with Crippen LogP contribution >= 0.6 is 15.9 Å². The van der Waals surface area contributed by atoms with Gasteiger partial charge in [0.05, 0.1) is 11.3 Å². The normalized spacial score (nSPS) is 10.1. The van der Waals surface area contributed by atoms with Crippen LogP contribution in [-0.4, -0.2) is 16.0 Å². The average molecular weight is 352 g/mol. The van der Waals surface area contributed by atoms with Crippen molar-refractivity contribution in [2.24, 2.45) is 0 Å². The van der Waals surface area contributed by atoms with Gasteiger partial charge < -0.3 is 9.84 Å². The van der Waals surface area contributed by atoms with Gasteiger partial charge in [-0.2, -0.15) is 0 Å². The predicted molar refractivity (Wildman–Crippen MR) is 78.7 cm³/mol. The molecule has 0 unspecified atom stereocenters. The second kappa shape index (κ2) is 6.36. The summed E-state index contributed by atoms with van der Waals surface area (Å²) in [6, 6.07) is 10.9. The summed E-state index contributed by atoms with van der Waals surface area (Å²) in [6.07, 6.45) is -0.224. The van der Waals surface area contributed by atoms with Crippen LogP contribution < -0.4 is 4.74 Å². The molecule has 0 aliphatic heterocycles. The first-order valence-corrected chi connectivity index (χ1v) is 6.68. The van der Waals surface area contributed by atoms with E-state index in [4.69, 9.17) is 9.84 Å². The number of ether oxygens (including phenoxy) is 1. The number of benzene rings is 2. The fraction of sp³-hybridized carbons (Fsp3) is 0.0714. The highest BCUT2D eigenvalue weighted by Crippen LogP contribution is 2.35. The maximum Gasteiger partial charge on any atom is 0.311 e. The van der Waals surface area contributed by atoms with Gasteiger partial charge in [0.15, 0.2) is 0 Å². The van der Waals surface area contributed by atoms with Gasteiger partial charge >= 0.3 is 11.7 Å². The van der Waals surface area contributed by atoms with Crippen LogP contribution in [-0.2, 0) is 11.2 Å². The Labute approximate surface area is 128 Å². The summed E-state index contributed by atoms with van der Waals surface area (Å²) in [5.41, 5.74) is 0.252. The lowest BCUT2D eigenvalue weighted by Crippen LogP contribution is -2.02. The molecule has 0 atom stereocenters. The number of nitro benzene ring substituents is 1. The van der Waals surface area contributed by atoms with E-state index in [1.807, 2.05) is 0 Å². The summed E-state index contributed by atoms with van der Waals surface area (Å²) < 4.78 is 6.17. The molecule has 0 amide bonds. The summed E-state index contributed by atoms with van der Waals surface area (Å²) >= 11 is 3.22. The van der Waals surface area contributed by atoms with Crippen LogP contribution in [0.5, 0.6) is 11.5 Å². The van der Waals surface area contributed by atoms with Gasteiger partial charge in [-0.1, -0.05) is 34.1 Å². The lowest BCUT2D eigenvalue weighted by Gasteiger charge is -2.10. The number of hydrogen-bond acceptors (Lipinski definition) is 4. The molecule has 1 N–H and O–H groups in total. The van der Waals surface area contributed by atoms with Crippen molar-refractivity contribution in [2.75, 3.05) is 0 Å². The van der Waals surface area contributed by atoms with E-state index in [1.54, 1.807) is 24.3 Å². The van der Waals surface area contributed by atoms with Gasteiger partial charge in [-0.25, -0.2) is 0 Å². The van der Waals surface area contributed by atoms with Crippen LogP contribution in [0.3, 0.4) is 0 Å². The van der Waals surface area contributed by atoms with E-state index in [0.29, 0.717) is 10.0 Å². The van der Waals surface area contributed by atoms with E-state index in [9.17, 15) is 14.9 Å². The first-order chi connectivity index (χ1) is 9.97. The average Bonchev–Trinajstić information content (AvgIpc) is 2.40. The Morgan fingerprint density at radius 2 is 1.95 bits per heavy atom. The van der Waals surface area contributed by atoms with Crippen LogP contribution in [0.25, 0.3) is 0 Å². The highest BCUT2D eigenvalue weighted by Gasteiger charge is 2.17. The Hall–Kier alpha value is -2.41. The number of hydrogen-bond donors (Lipinski definition) is 1. The van der Waals surface area contributed by atoms with E-state index in [0.717, 1.165) is 0 Å². The van der Waals surface area contributed by atoms with Crippen LogP contribution in [0.2, 0.25) is 0 Å². The lowest BCUT2D eigenvalue weighted by molar-refractivity contribution is -0.385. The van der Waals surface area contributed by atoms with Crippen molar-refractivity contribution >= 4 is 27.6 Å². The van der Waals surface area contributed by atoms with Gasteiger partial charge in [0.25, 0.3) is 0 Å². The molecule has 0 spiro atoms. The molecule has 0 saturated heterocycles. The summed E-state index contributed by atoms with van der Waals surface area (Å²) in [6.45, 7) is 0. The van der Waals surface area contributed by atoms with E-state index < -0.39 is 10.9 Å². The van der Waals surface area contributed by atoms with Crippen LogP contribution in [0.15, 0.2) is 46.9 Å². The minimum atomic E-state index is -1.00.